The normalized spacial score (nSPS) is 25.7. The highest BCUT2D eigenvalue weighted by Crippen LogP contribution is 2.23. The lowest BCUT2D eigenvalue weighted by Crippen LogP contribution is -2.45. The van der Waals surface area contributed by atoms with Gasteiger partial charge in [-0.1, -0.05) is 6.92 Å². The van der Waals surface area contributed by atoms with E-state index < -0.39 is 0 Å². The van der Waals surface area contributed by atoms with Crippen molar-refractivity contribution in [2.24, 2.45) is 7.05 Å². The Morgan fingerprint density at radius 1 is 1.67 bits per heavy atom. The summed E-state index contributed by atoms with van der Waals surface area (Å²) in [7, 11) is 1.96. The number of aromatic nitrogens is 2. The summed E-state index contributed by atoms with van der Waals surface area (Å²) in [6.45, 7) is 4.40. The first kappa shape index (κ1) is 10.5. The fraction of sp³-hybridized carbons (Fsp3) is 0.727. The zero-order chi connectivity index (χ0) is 10.7. The van der Waals surface area contributed by atoms with E-state index in [1.54, 1.807) is 0 Å². The quantitative estimate of drug-likeness (QED) is 0.785. The molecular formula is C11H20N4. The monoisotopic (exact) mass is 208 g/mol. The predicted octanol–water partition coefficient (Wildman–Crippen LogP) is 1.36. The highest BCUT2D eigenvalue weighted by molar-refractivity contribution is 5.34. The van der Waals surface area contributed by atoms with E-state index in [4.69, 9.17) is 0 Å². The van der Waals surface area contributed by atoms with Crippen LogP contribution in [0.25, 0.3) is 0 Å². The number of hydrogen-bond donors (Lipinski definition) is 2. The van der Waals surface area contributed by atoms with Crippen molar-refractivity contribution in [2.75, 3.05) is 18.4 Å². The van der Waals surface area contributed by atoms with Crippen LogP contribution in [0.3, 0.4) is 0 Å². The van der Waals surface area contributed by atoms with Gasteiger partial charge in [-0.05, 0) is 25.8 Å². The molecule has 15 heavy (non-hydrogen) atoms. The van der Waals surface area contributed by atoms with Gasteiger partial charge in [0.25, 0.3) is 0 Å². The molecule has 1 unspecified atom stereocenters. The lowest BCUT2D eigenvalue weighted by Gasteiger charge is -2.28. The Labute approximate surface area is 91.1 Å². The fourth-order valence-electron chi connectivity index (χ4n) is 2.25. The molecule has 1 fully saturated rings. The fourth-order valence-corrected chi connectivity index (χ4v) is 2.25. The summed E-state index contributed by atoms with van der Waals surface area (Å²) in [6.07, 6.45) is 5.57. The summed E-state index contributed by atoms with van der Waals surface area (Å²) < 4.78 is 1.87. The van der Waals surface area contributed by atoms with E-state index in [1.165, 1.54) is 19.3 Å². The first-order valence-corrected chi connectivity index (χ1v) is 5.73. The standard InChI is InChI=1S/C11H20N4/c1-3-11(6-4-7-13-11)9-12-10-5-8-14-15(10)2/h5,8,12-13H,3-4,6-7,9H2,1-2H3. The number of nitrogens with one attached hydrogen (secondary N) is 2. The third kappa shape index (κ3) is 2.15. The van der Waals surface area contributed by atoms with Crippen molar-refractivity contribution in [3.05, 3.63) is 12.3 Å². The summed E-state index contributed by atoms with van der Waals surface area (Å²) >= 11 is 0. The molecule has 1 saturated heterocycles. The third-order valence-corrected chi connectivity index (χ3v) is 3.44. The van der Waals surface area contributed by atoms with Gasteiger partial charge >= 0.3 is 0 Å². The molecule has 1 aromatic heterocycles. The van der Waals surface area contributed by atoms with Gasteiger partial charge in [-0.3, -0.25) is 4.68 Å². The van der Waals surface area contributed by atoms with Crippen LogP contribution in [0.2, 0.25) is 0 Å². The first-order valence-electron chi connectivity index (χ1n) is 5.73. The molecule has 4 nitrogen and oxygen atoms in total. The maximum atomic E-state index is 4.14. The molecule has 0 bridgehead atoms. The molecule has 0 aromatic carbocycles. The van der Waals surface area contributed by atoms with Crippen molar-refractivity contribution < 1.29 is 0 Å². The smallest absolute Gasteiger partial charge is 0.123 e. The van der Waals surface area contributed by atoms with Gasteiger partial charge < -0.3 is 10.6 Å². The van der Waals surface area contributed by atoms with E-state index in [1.807, 2.05) is 24.0 Å². The van der Waals surface area contributed by atoms with Crippen molar-refractivity contribution >= 4 is 5.82 Å². The Morgan fingerprint density at radius 2 is 2.53 bits per heavy atom. The topological polar surface area (TPSA) is 41.9 Å². The van der Waals surface area contributed by atoms with E-state index >= 15 is 0 Å². The van der Waals surface area contributed by atoms with Crippen molar-refractivity contribution in [1.29, 1.82) is 0 Å². The van der Waals surface area contributed by atoms with Crippen LogP contribution >= 0.6 is 0 Å². The summed E-state index contributed by atoms with van der Waals surface area (Å²) in [5.41, 5.74) is 0.296. The lowest BCUT2D eigenvalue weighted by atomic mass is 9.94. The summed E-state index contributed by atoms with van der Waals surface area (Å²) in [5.74, 6) is 1.09. The average Bonchev–Trinajstić information content (AvgIpc) is 2.85. The van der Waals surface area contributed by atoms with Crippen molar-refractivity contribution in [3.8, 4) is 0 Å². The Bertz CT molecular complexity index is 312. The lowest BCUT2D eigenvalue weighted by molar-refractivity contribution is 0.382. The van der Waals surface area contributed by atoms with Crippen LogP contribution in [0.5, 0.6) is 0 Å². The van der Waals surface area contributed by atoms with Crippen LogP contribution in [-0.2, 0) is 7.05 Å². The van der Waals surface area contributed by atoms with E-state index in [9.17, 15) is 0 Å². The predicted molar refractivity (Wildman–Crippen MR) is 62.0 cm³/mol. The minimum absolute atomic E-state index is 0.296. The molecule has 1 aliphatic heterocycles. The second-order valence-corrected chi connectivity index (χ2v) is 4.36. The molecule has 2 heterocycles. The van der Waals surface area contributed by atoms with E-state index in [0.29, 0.717) is 5.54 Å². The number of nitrogens with zero attached hydrogens (tertiary/aromatic N) is 2. The zero-order valence-corrected chi connectivity index (χ0v) is 9.58. The van der Waals surface area contributed by atoms with Crippen LogP contribution in [0, 0.1) is 0 Å². The molecule has 1 aromatic rings. The average molecular weight is 208 g/mol. The van der Waals surface area contributed by atoms with Crippen LogP contribution < -0.4 is 10.6 Å². The molecule has 1 aliphatic rings. The molecule has 0 aliphatic carbocycles. The summed E-state index contributed by atoms with van der Waals surface area (Å²) in [4.78, 5) is 0. The van der Waals surface area contributed by atoms with E-state index in [-0.39, 0.29) is 0 Å². The highest BCUT2D eigenvalue weighted by Gasteiger charge is 2.31. The van der Waals surface area contributed by atoms with Crippen molar-refractivity contribution in [3.63, 3.8) is 0 Å². The second-order valence-electron chi connectivity index (χ2n) is 4.36. The van der Waals surface area contributed by atoms with Gasteiger partial charge in [-0.2, -0.15) is 5.10 Å². The molecular weight excluding hydrogens is 188 g/mol. The molecule has 0 spiro atoms. The van der Waals surface area contributed by atoms with Gasteiger partial charge in [0.2, 0.25) is 0 Å². The molecule has 0 radical (unpaired) electrons. The molecule has 4 heteroatoms. The molecule has 2 N–H and O–H groups in total. The van der Waals surface area contributed by atoms with Gasteiger partial charge in [-0.15, -0.1) is 0 Å². The molecule has 84 valence electrons. The van der Waals surface area contributed by atoms with Crippen molar-refractivity contribution in [1.82, 2.24) is 15.1 Å². The van der Waals surface area contributed by atoms with Gasteiger partial charge in [0.15, 0.2) is 0 Å². The highest BCUT2D eigenvalue weighted by atomic mass is 15.3. The van der Waals surface area contributed by atoms with E-state index in [2.05, 4.69) is 22.7 Å². The van der Waals surface area contributed by atoms with Gasteiger partial charge in [0.1, 0.15) is 5.82 Å². The SMILES string of the molecule is CCC1(CNc2ccnn2C)CCCN1. The second kappa shape index (κ2) is 4.23. The Kier molecular flexibility index (Phi) is 2.95. The minimum Gasteiger partial charge on any atom is -0.368 e. The first-order chi connectivity index (χ1) is 7.26. The zero-order valence-electron chi connectivity index (χ0n) is 9.58. The largest absolute Gasteiger partial charge is 0.368 e. The Hall–Kier alpha value is -1.03. The van der Waals surface area contributed by atoms with E-state index in [0.717, 1.165) is 18.9 Å². The van der Waals surface area contributed by atoms with Gasteiger partial charge in [0.05, 0.1) is 6.20 Å². The number of aryl methyl sites for hydroxylation is 1. The Morgan fingerprint density at radius 3 is 3.07 bits per heavy atom. The van der Waals surface area contributed by atoms with Crippen LogP contribution in [0.4, 0.5) is 5.82 Å². The summed E-state index contributed by atoms with van der Waals surface area (Å²) in [6, 6.07) is 2.01. The number of hydrogen-bond acceptors (Lipinski definition) is 3. The molecule has 2 rings (SSSR count). The maximum Gasteiger partial charge on any atom is 0.123 e. The summed E-state index contributed by atoms with van der Waals surface area (Å²) in [5, 5.41) is 11.2. The van der Waals surface area contributed by atoms with Gasteiger partial charge in [0, 0.05) is 25.2 Å². The molecule has 0 saturated carbocycles. The van der Waals surface area contributed by atoms with Crippen LogP contribution in [0.15, 0.2) is 12.3 Å². The van der Waals surface area contributed by atoms with Gasteiger partial charge in [-0.25, -0.2) is 0 Å². The van der Waals surface area contributed by atoms with Crippen molar-refractivity contribution in [2.45, 2.75) is 31.7 Å². The number of anilines is 1. The molecule has 1 atom stereocenters. The third-order valence-electron chi connectivity index (χ3n) is 3.44. The Balaban J connectivity index is 1.94. The number of rotatable bonds is 4. The van der Waals surface area contributed by atoms with Crippen LogP contribution in [-0.4, -0.2) is 28.4 Å². The maximum absolute atomic E-state index is 4.14. The minimum atomic E-state index is 0.296. The molecule has 0 amide bonds. The van der Waals surface area contributed by atoms with Crippen LogP contribution in [0.1, 0.15) is 26.2 Å².